The van der Waals surface area contributed by atoms with Gasteiger partial charge in [-0.05, 0) is 45.3 Å². The third kappa shape index (κ3) is 3.22. The number of halogens is 1. The predicted octanol–water partition coefficient (Wildman–Crippen LogP) is 3.15. The highest BCUT2D eigenvalue weighted by Gasteiger charge is 2.31. The van der Waals surface area contributed by atoms with Crippen LogP contribution >= 0.6 is 0 Å². The first-order chi connectivity index (χ1) is 10.1. The Morgan fingerprint density at radius 2 is 1.95 bits per heavy atom. The van der Waals surface area contributed by atoms with Crippen LogP contribution in [0, 0.1) is 5.82 Å². The number of phenols is 1. The van der Waals surface area contributed by atoms with Gasteiger partial charge < -0.3 is 5.11 Å². The van der Waals surface area contributed by atoms with Gasteiger partial charge in [-0.1, -0.05) is 12.5 Å². The molecule has 0 radical (unpaired) electrons. The third-order valence-corrected chi connectivity index (χ3v) is 5.09. The van der Waals surface area contributed by atoms with Crippen LogP contribution in [-0.2, 0) is 0 Å². The molecule has 0 aliphatic carbocycles. The zero-order chi connectivity index (χ0) is 14.8. The number of likely N-dealkylation sites (tertiary alicyclic amines) is 2. The Morgan fingerprint density at radius 1 is 1.19 bits per heavy atom. The number of phenolic OH excluding ortho intramolecular Hbond substituents is 1. The van der Waals surface area contributed by atoms with Crippen LogP contribution in [0.5, 0.6) is 5.75 Å². The second-order valence-corrected chi connectivity index (χ2v) is 6.41. The Morgan fingerprint density at radius 3 is 2.67 bits per heavy atom. The van der Waals surface area contributed by atoms with Gasteiger partial charge in [0.25, 0.3) is 0 Å². The van der Waals surface area contributed by atoms with Gasteiger partial charge >= 0.3 is 0 Å². The van der Waals surface area contributed by atoms with Gasteiger partial charge in [0, 0.05) is 36.8 Å². The SMILES string of the molecule is CC(c1ccc(F)cc1O)N1CCC(N2CCCCC2)C1. The van der Waals surface area contributed by atoms with Crippen LogP contribution in [0.25, 0.3) is 0 Å². The summed E-state index contributed by atoms with van der Waals surface area (Å²) in [4.78, 5) is 5.03. The van der Waals surface area contributed by atoms with Gasteiger partial charge in [0.15, 0.2) is 0 Å². The highest BCUT2D eigenvalue weighted by Crippen LogP contribution is 2.32. The summed E-state index contributed by atoms with van der Waals surface area (Å²) in [5.41, 5.74) is 0.829. The van der Waals surface area contributed by atoms with Crippen molar-refractivity contribution in [1.29, 1.82) is 0 Å². The summed E-state index contributed by atoms with van der Waals surface area (Å²) in [6.45, 7) is 6.67. The van der Waals surface area contributed by atoms with Gasteiger partial charge in [-0.3, -0.25) is 9.80 Å². The minimum absolute atomic E-state index is 0.0731. The van der Waals surface area contributed by atoms with E-state index in [-0.39, 0.29) is 17.6 Å². The van der Waals surface area contributed by atoms with E-state index in [1.165, 1.54) is 50.9 Å². The second kappa shape index (κ2) is 6.32. The Balaban J connectivity index is 1.64. The first-order valence-corrected chi connectivity index (χ1v) is 8.11. The second-order valence-electron chi connectivity index (χ2n) is 6.41. The Kier molecular flexibility index (Phi) is 4.45. The maximum atomic E-state index is 13.1. The fourth-order valence-electron chi connectivity index (χ4n) is 3.77. The maximum Gasteiger partial charge on any atom is 0.126 e. The number of nitrogens with zero attached hydrogens (tertiary/aromatic N) is 2. The molecule has 2 saturated heterocycles. The van der Waals surface area contributed by atoms with Gasteiger partial charge in [-0.2, -0.15) is 0 Å². The van der Waals surface area contributed by atoms with E-state index < -0.39 is 0 Å². The summed E-state index contributed by atoms with van der Waals surface area (Å²) >= 11 is 0. The number of rotatable bonds is 3. The molecule has 3 nitrogen and oxygen atoms in total. The minimum Gasteiger partial charge on any atom is -0.508 e. The summed E-state index contributed by atoms with van der Waals surface area (Å²) in [7, 11) is 0. The van der Waals surface area contributed by atoms with Crippen LogP contribution in [0.3, 0.4) is 0 Å². The lowest BCUT2D eigenvalue weighted by Crippen LogP contribution is -2.41. The molecule has 2 atom stereocenters. The monoisotopic (exact) mass is 292 g/mol. The van der Waals surface area contributed by atoms with E-state index in [2.05, 4.69) is 16.7 Å². The van der Waals surface area contributed by atoms with E-state index in [9.17, 15) is 9.50 Å². The van der Waals surface area contributed by atoms with Crippen molar-refractivity contribution in [3.8, 4) is 5.75 Å². The van der Waals surface area contributed by atoms with Crippen molar-refractivity contribution in [2.24, 2.45) is 0 Å². The fraction of sp³-hybridized carbons (Fsp3) is 0.647. The van der Waals surface area contributed by atoms with Crippen molar-refractivity contribution in [2.45, 2.75) is 44.7 Å². The Bertz CT molecular complexity index is 488. The molecule has 2 fully saturated rings. The normalized spacial score (nSPS) is 26.1. The Labute approximate surface area is 126 Å². The molecule has 116 valence electrons. The summed E-state index contributed by atoms with van der Waals surface area (Å²) in [5, 5.41) is 9.96. The standard InChI is InChI=1S/C17H25FN2O/c1-13(16-6-5-14(18)11-17(16)21)20-10-7-15(12-20)19-8-3-2-4-9-19/h5-6,11,13,15,21H,2-4,7-10,12H2,1H3. The predicted molar refractivity (Wildman–Crippen MR) is 81.9 cm³/mol. The zero-order valence-corrected chi connectivity index (χ0v) is 12.8. The molecule has 1 aromatic rings. The Hall–Kier alpha value is -1.13. The highest BCUT2D eigenvalue weighted by molar-refractivity contribution is 5.35. The summed E-state index contributed by atoms with van der Waals surface area (Å²) in [6.07, 6.45) is 5.22. The van der Waals surface area contributed by atoms with E-state index in [1.807, 2.05) is 0 Å². The quantitative estimate of drug-likeness (QED) is 0.927. The van der Waals surface area contributed by atoms with Crippen LogP contribution in [0.15, 0.2) is 18.2 Å². The highest BCUT2D eigenvalue weighted by atomic mass is 19.1. The van der Waals surface area contributed by atoms with Crippen molar-refractivity contribution in [3.63, 3.8) is 0 Å². The molecule has 1 N–H and O–H groups in total. The molecule has 0 saturated carbocycles. The lowest BCUT2D eigenvalue weighted by atomic mass is 10.1. The van der Waals surface area contributed by atoms with E-state index >= 15 is 0 Å². The summed E-state index contributed by atoms with van der Waals surface area (Å²) in [5.74, 6) is -0.306. The molecule has 2 aliphatic rings. The summed E-state index contributed by atoms with van der Waals surface area (Å²) < 4.78 is 13.1. The van der Waals surface area contributed by atoms with Crippen LogP contribution in [0.1, 0.15) is 44.2 Å². The molecule has 21 heavy (non-hydrogen) atoms. The number of benzene rings is 1. The average molecular weight is 292 g/mol. The number of piperidine rings is 1. The molecule has 1 aromatic carbocycles. The first-order valence-electron chi connectivity index (χ1n) is 8.11. The number of hydrogen-bond acceptors (Lipinski definition) is 3. The molecule has 0 spiro atoms. The van der Waals surface area contributed by atoms with Crippen LogP contribution < -0.4 is 0 Å². The molecule has 2 unspecified atom stereocenters. The molecule has 3 rings (SSSR count). The molecule has 4 heteroatoms. The molecule has 2 aliphatic heterocycles. The van der Waals surface area contributed by atoms with Crippen LogP contribution in [0.2, 0.25) is 0 Å². The van der Waals surface area contributed by atoms with Crippen LogP contribution in [-0.4, -0.2) is 47.1 Å². The lowest BCUT2D eigenvalue weighted by Gasteiger charge is -2.33. The van der Waals surface area contributed by atoms with Gasteiger partial charge in [0.1, 0.15) is 11.6 Å². The maximum absolute atomic E-state index is 13.1. The minimum atomic E-state index is -0.379. The molecular formula is C17H25FN2O. The average Bonchev–Trinajstić information content (AvgIpc) is 2.97. The van der Waals surface area contributed by atoms with Crippen molar-refractivity contribution in [1.82, 2.24) is 9.80 Å². The molecular weight excluding hydrogens is 267 g/mol. The molecule has 0 bridgehead atoms. The van der Waals surface area contributed by atoms with Crippen molar-refractivity contribution >= 4 is 0 Å². The molecule has 2 heterocycles. The summed E-state index contributed by atoms with van der Waals surface area (Å²) in [6, 6.07) is 5.15. The van der Waals surface area contributed by atoms with Gasteiger partial charge in [0.2, 0.25) is 0 Å². The fourth-order valence-corrected chi connectivity index (χ4v) is 3.77. The zero-order valence-electron chi connectivity index (χ0n) is 12.8. The number of hydrogen-bond donors (Lipinski definition) is 1. The van der Waals surface area contributed by atoms with E-state index in [0.717, 1.165) is 18.7 Å². The largest absolute Gasteiger partial charge is 0.508 e. The molecule has 0 amide bonds. The van der Waals surface area contributed by atoms with Gasteiger partial charge in [-0.25, -0.2) is 4.39 Å². The topological polar surface area (TPSA) is 26.7 Å². The first kappa shape index (κ1) is 14.8. The number of aromatic hydroxyl groups is 1. The van der Waals surface area contributed by atoms with Crippen molar-refractivity contribution in [3.05, 3.63) is 29.6 Å². The third-order valence-electron chi connectivity index (χ3n) is 5.09. The molecule has 0 aromatic heterocycles. The van der Waals surface area contributed by atoms with Gasteiger partial charge in [-0.15, -0.1) is 0 Å². The van der Waals surface area contributed by atoms with E-state index in [4.69, 9.17) is 0 Å². The van der Waals surface area contributed by atoms with Crippen molar-refractivity contribution in [2.75, 3.05) is 26.2 Å². The van der Waals surface area contributed by atoms with Crippen LogP contribution in [0.4, 0.5) is 4.39 Å². The smallest absolute Gasteiger partial charge is 0.126 e. The lowest BCUT2D eigenvalue weighted by molar-refractivity contribution is 0.154. The van der Waals surface area contributed by atoms with E-state index in [1.54, 1.807) is 6.07 Å². The van der Waals surface area contributed by atoms with Gasteiger partial charge in [0.05, 0.1) is 0 Å². The van der Waals surface area contributed by atoms with E-state index in [0.29, 0.717) is 6.04 Å². The van der Waals surface area contributed by atoms with Crippen molar-refractivity contribution < 1.29 is 9.50 Å².